The van der Waals surface area contributed by atoms with E-state index < -0.39 is 0 Å². The van der Waals surface area contributed by atoms with Crippen molar-refractivity contribution >= 4 is 17.7 Å². The third-order valence-corrected chi connectivity index (χ3v) is 5.68. The van der Waals surface area contributed by atoms with Gasteiger partial charge in [0.05, 0.1) is 12.3 Å². The normalized spacial score (nSPS) is 12.2. The molecule has 4 rings (SSSR count). The summed E-state index contributed by atoms with van der Waals surface area (Å²) in [4.78, 5) is 12.1. The molecule has 2 aromatic carbocycles. The molecule has 1 N–H and O–H groups in total. The molecule has 156 valence electrons. The quantitative estimate of drug-likeness (QED) is 0.417. The Bertz CT molecular complexity index is 1010. The first kappa shape index (κ1) is 20.3. The minimum absolute atomic E-state index is 0.00680. The van der Waals surface area contributed by atoms with Crippen molar-refractivity contribution in [2.45, 2.75) is 31.5 Å². The van der Waals surface area contributed by atoms with Crippen molar-refractivity contribution in [3.63, 3.8) is 0 Å². The van der Waals surface area contributed by atoms with Crippen molar-refractivity contribution in [3.8, 4) is 22.9 Å². The van der Waals surface area contributed by atoms with Crippen molar-refractivity contribution in [2.24, 2.45) is 0 Å². The van der Waals surface area contributed by atoms with Gasteiger partial charge in [0.1, 0.15) is 0 Å². The Morgan fingerprint density at radius 3 is 2.80 bits per heavy atom. The molecule has 7 nitrogen and oxygen atoms in total. The van der Waals surface area contributed by atoms with Gasteiger partial charge in [-0.05, 0) is 24.1 Å². The molecule has 1 amide bonds. The first-order valence-corrected chi connectivity index (χ1v) is 11.0. The molecule has 2 heterocycles. The molecule has 0 radical (unpaired) electrons. The summed E-state index contributed by atoms with van der Waals surface area (Å²) in [6, 6.07) is 15.8. The van der Waals surface area contributed by atoms with Crippen LogP contribution in [-0.4, -0.2) is 39.8 Å². The van der Waals surface area contributed by atoms with Gasteiger partial charge in [-0.25, -0.2) is 0 Å². The van der Waals surface area contributed by atoms with Crippen LogP contribution in [0, 0.1) is 0 Å². The second-order valence-electron chi connectivity index (χ2n) is 6.94. The van der Waals surface area contributed by atoms with Gasteiger partial charge in [0.25, 0.3) is 0 Å². The molecule has 0 aliphatic carbocycles. The third kappa shape index (κ3) is 4.76. The molecule has 30 heavy (non-hydrogen) atoms. The molecule has 0 atom stereocenters. The van der Waals surface area contributed by atoms with Gasteiger partial charge in [-0.3, -0.25) is 9.36 Å². The lowest BCUT2D eigenvalue weighted by Gasteiger charge is -2.11. The van der Waals surface area contributed by atoms with Crippen LogP contribution in [0.1, 0.15) is 25.3 Å². The Morgan fingerprint density at radius 1 is 1.13 bits per heavy atom. The van der Waals surface area contributed by atoms with E-state index in [1.807, 2.05) is 53.1 Å². The summed E-state index contributed by atoms with van der Waals surface area (Å²) >= 11 is 1.39. The number of ether oxygens (including phenoxy) is 2. The van der Waals surface area contributed by atoms with Crippen LogP contribution in [0.2, 0.25) is 0 Å². The van der Waals surface area contributed by atoms with Crippen molar-refractivity contribution in [1.29, 1.82) is 0 Å². The third-order valence-electron chi connectivity index (χ3n) is 4.71. The van der Waals surface area contributed by atoms with E-state index in [-0.39, 0.29) is 12.7 Å². The number of hydrogen-bond donors (Lipinski definition) is 1. The summed E-state index contributed by atoms with van der Waals surface area (Å²) in [5.41, 5.74) is 2.02. The molecule has 1 aliphatic heterocycles. The average Bonchev–Trinajstić information content (AvgIpc) is 3.40. The highest BCUT2D eigenvalue weighted by molar-refractivity contribution is 7.99. The molecule has 0 unspecified atom stereocenters. The summed E-state index contributed by atoms with van der Waals surface area (Å²) in [6.07, 6.45) is 2.03. The lowest BCUT2D eigenvalue weighted by Crippen LogP contribution is -2.26. The number of nitrogens with zero attached hydrogens (tertiary/aromatic N) is 3. The molecule has 0 spiro atoms. The van der Waals surface area contributed by atoms with Crippen LogP contribution in [0.5, 0.6) is 11.5 Å². The molecular weight excluding hydrogens is 400 g/mol. The van der Waals surface area contributed by atoms with Gasteiger partial charge in [-0.1, -0.05) is 61.5 Å². The van der Waals surface area contributed by atoms with Gasteiger partial charge < -0.3 is 14.8 Å². The van der Waals surface area contributed by atoms with E-state index in [0.29, 0.717) is 24.0 Å². The average molecular weight is 425 g/mol. The molecule has 1 aromatic heterocycles. The van der Waals surface area contributed by atoms with Crippen LogP contribution in [0.3, 0.4) is 0 Å². The van der Waals surface area contributed by atoms with E-state index in [4.69, 9.17) is 9.47 Å². The summed E-state index contributed by atoms with van der Waals surface area (Å²) in [5, 5.41) is 12.4. The summed E-state index contributed by atoms with van der Waals surface area (Å²) in [7, 11) is 0. The SMILES string of the molecule is CCCCNC(=O)CSc1nnc(-c2ccccc2)n1Cc1ccc2c(c1)OCO2. The number of rotatable bonds is 9. The lowest BCUT2D eigenvalue weighted by atomic mass is 10.2. The Kier molecular flexibility index (Phi) is 6.53. The van der Waals surface area contributed by atoms with Crippen molar-refractivity contribution in [2.75, 3.05) is 19.1 Å². The van der Waals surface area contributed by atoms with E-state index in [1.165, 1.54) is 11.8 Å². The number of carbonyl (C=O) groups excluding carboxylic acids is 1. The molecule has 0 bridgehead atoms. The van der Waals surface area contributed by atoms with Gasteiger partial charge >= 0.3 is 0 Å². The van der Waals surface area contributed by atoms with E-state index >= 15 is 0 Å². The Labute approximate surface area is 179 Å². The standard InChI is InChI=1S/C22H24N4O3S/c1-2-3-11-23-20(27)14-30-22-25-24-21(17-7-5-4-6-8-17)26(22)13-16-9-10-18-19(12-16)29-15-28-18/h4-10,12H,2-3,11,13-15H2,1H3,(H,23,27). The van der Waals surface area contributed by atoms with Crippen LogP contribution >= 0.6 is 11.8 Å². The number of aromatic nitrogens is 3. The maximum atomic E-state index is 12.1. The Balaban J connectivity index is 1.56. The van der Waals surface area contributed by atoms with E-state index in [0.717, 1.165) is 41.3 Å². The number of amides is 1. The topological polar surface area (TPSA) is 78.3 Å². The number of benzene rings is 2. The molecule has 3 aromatic rings. The van der Waals surface area contributed by atoms with Gasteiger partial charge in [0.15, 0.2) is 22.5 Å². The molecular formula is C22H24N4O3S. The Hall–Kier alpha value is -3.00. The van der Waals surface area contributed by atoms with E-state index in [9.17, 15) is 4.79 Å². The monoisotopic (exact) mass is 424 g/mol. The lowest BCUT2D eigenvalue weighted by molar-refractivity contribution is -0.118. The fourth-order valence-electron chi connectivity index (χ4n) is 3.15. The number of thioether (sulfide) groups is 1. The number of fused-ring (bicyclic) bond motifs is 1. The van der Waals surface area contributed by atoms with Crippen LogP contribution < -0.4 is 14.8 Å². The predicted molar refractivity (Wildman–Crippen MR) is 116 cm³/mol. The van der Waals surface area contributed by atoms with Gasteiger partial charge in [0.2, 0.25) is 12.7 Å². The number of nitrogens with one attached hydrogen (secondary N) is 1. The second-order valence-corrected chi connectivity index (χ2v) is 7.88. The maximum Gasteiger partial charge on any atom is 0.231 e. The van der Waals surface area contributed by atoms with Gasteiger partial charge in [0, 0.05) is 12.1 Å². The van der Waals surface area contributed by atoms with E-state index in [1.54, 1.807) is 0 Å². The minimum atomic E-state index is 0.00680. The highest BCUT2D eigenvalue weighted by Gasteiger charge is 2.18. The fourth-order valence-corrected chi connectivity index (χ4v) is 3.91. The van der Waals surface area contributed by atoms with Crippen molar-refractivity contribution < 1.29 is 14.3 Å². The smallest absolute Gasteiger partial charge is 0.231 e. The number of carbonyl (C=O) groups is 1. The zero-order valence-corrected chi connectivity index (χ0v) is 17.7. The van der Waals surface area contributed by atoms with Gasteiger partial charge in [-0.2, -0.15) is 0 Å². The predicted octanol–water partition coefficient (Wildman–Crippen LogP) is 3.73. The molecule has 8 heteroatoms. The molecule has 0 saturated carbocycles. The van der Waals surface area contributed by atoms with Crippen molar-refractivity contribution in [1.82, 2.24) is 20.1 Å². The summed E-state index contributed by atoms with van der Waals surface area (Å²) in [6.45, 7) is 3.61. The van der Waals surface area contributed by atoms with Crippen LogP contribution in [0.15, 0.2) is 53.7 Å². The first-order chi connectivity index (χ1) is 14.7. The van der Waals surface area contributed by atoms with Crippen molar-refractivity contribution in [3.05, 3.63) is 54.1 Å². The van der Waals surface area contributed by atoms with Crippen LogP contribution in [0.4, 0.5) is 0 Å². The summed E-state index contributed by atoms with van der Waals surface area (Å²) in [5.74, 6) is 2.57. The van der Waals surface area contributed by atoms with Crippen LogP contribution in [-0.2, 0) is 11.3 Å². The highest BCUT2D eigenvalue weighted by atomic mass is 32.2. The summed E-state index contributed by atoms with van der Waals surface area (Å²) < 4.78 is 13.0. The zero-order chi connectivity index (χ0) is 20.8. The van der Waals surface area contributed by atoms with Gasteiger partial charge in [-0.15, -0.1) is 10.2 Å². The molecule has 1 aliphatic rings. The number of unbranched alkanes of at least 4 members (excludes halogenated alkanes) is 1. The first-order valence-electron chi connectivity index (χ1n) is 10.0. The zero-order valence-electron chi connectivity index (χ0n) is 16.8. The molecule has 0 fully saturated rings. The Morgan fingerprint density at radius 2 is 1.97 bits per heavy atom. The molecule has 0 saturated heterocycles. The fraction of sp³-hybridized carbons (Fsp3) is 0.318. The second kappa shape index (κ2) is 9.67. The highest BCUT2D eigenvalue weighted by Crippen LogP contribution is 2.33. The maximum absolute atomic E-state index is 12.1. The largest absolute Gasteiger partial charge is 0.454 e. The van der Waals surface area contributed by atoms with E-state index in [2.05, 4.69) is 22.4 Å². The minimum Gasteiger partial charge on any atom is -0.454 e. The number of hydrogen-bond acceptors (Lipinski definition) is 6. The van der Waals surface area contributed by atoms with Crippen LogP contribution in [0.25, 0.3) is 11.4 Å².